The van der Waals surface area contributed by atoms with Crippen LogP contribution in [0.2, 0.25) is 0 Å². The molecule has 25 heavy (non-hydrogen) atoms. The Labute approximate surface area is 153 Å². The van der Waals surface area contributed by atoms with Crippen molar-refractivity contribution in [2.45, 2.75) is 58.5 Å². The Bertz CT molecular complexity index is 738. The van der Waals surface area contributed by atoms with Crippen molar-refractivity contribution in [2.24, 2.45) is 11.7 Å². The quantitative estimate of drug-likeness (QED) is 0.846. The van der Waals surface area contributed by atoms with Gasteiger partial charge >= 0.3 is 0 Å². The van der Waals surface area contributed by atoms with E-state index in [1.54, 1.807) is 11.3 Å². The van der Waals surface area contributed by atoms with Gasteiger partial charge in [0.1, 0.15) is 5.01 Å². The molecule has 1 amide bonds. The number of nitrogens with two attached hydrogens (primary N) is 1. The van der Waals surface area contributed by atoms with Crippen LogP contribution < -0.4 is 11.1 Å². The molecule has 0 bridgehead atoms. The molecule has 3 atom stereocenters. The lowest BCUT2D eigenvalue weighted by atomic mass is 9.99. The van der Waals surface area contributed by atoms with Crippen LogP contribution in [-0.4, -0.2) is 16.9 Å². The number of thiazole rings is 1. The van der Waals surface area contributed by atoms with Gasteiger partial charge in [-0.2, -0.15) is 0 Å². The summed E-state index contributed by atoms with van der Waals surface area (Å²) >= 11 is 1.66. The van der Waals surface area contributed by atoms with Crippen molar-refractivity contribution in [3.05, 3.63) is 40.4 Å². The molecule has 1 saturated carbocycles. The van der Waals surface area contributed by atoms with E-state index < -0.39 is 0 Å². The topological polar surface area (TPSA) is 68.0 Å². The lowest BCUT2D eigenvalue weighted by molar-refractivity contribution is -0.122. The predicted molar refractivity (Wildman–Crippen MR) is 104 cm³/mol. The summed E-state index contributed by atoms with van der Waals surface area (Å²) in [5, 5.41) is 4.14. The maximum atomic E-state index is 12.4. The molecule has 1 aliphatic carbocycles. The van der Waals surface area contributed by atoms with Gasteiger partial charge in [-0.3, -0.25) is 4.79 Å². The van der Waals surface area contributed by atoms with Crippen LogP contribution in [-0.2, 0) is 4.79 Å². The fourth-order valence-electron chi connectivity index (χ4n) is 3.55. The summed E-state index contributed by atoms with van der Waals surface area (Å²) in [5.41, 5.74) is 9.44. The molecule has 1 aromatic carbocycles. The van der Waals surface area contributed by atoms with E-state index >= 15 is 0 Å². The third-order valence-corrected chi connectivity index (χ3v) is 6.46. The van der Waals surface area contributed by atoms with Crippen LogP contribution in [0.3, 0.4) is 0 Å². The summed E-state index contributed by atoms with van der Waals surface area (Å²) in [5.74, 6) is 0.428. The number of benzene rings is 1. The molecule has 0 saturated heterocycles. The molecule has 4 nitrogen and oxygen atoms in total. The van der Waals surface area contributed by atoms with Crippen LogP contribution in [0.4, 0.5) is 0 Å². The zero-order chi connectivity index (χ0) is 18.0. The Kier molecular flexibility index (Phi) is 5.54. The highest BCUT2D eigenvalue weighted by Gasteiger charge is 2.27. The molecule has 5 heteroatoms. The summed E-state index contributed by atoms with van der Waals surface area (Å²) in [6.45, 7) is 6.13. The van der Waals surface area contributed by atoms with Gasteiger partial charge in [-0.1, -0.05) is 36.2 Å². The first-order chi connectivity index (χ1) is 11.9. The molecular formula is C20H27N3OS. The molecule has 1 heterocycles. The normalized spacial score (nSPS) is 21.3. The zero-order valence-electron chi connectivity index (χ0n) is 15.2. The molecule has 3 N–H and O–H groups in total. The molecule has 1 aliphatic rings. The van der Waals surface area contributed by atoms with E-state index in [4.69, 9.17) is 10.7 Å². The van der Waals surface area contributed by atoms with E-state index in [9.17, 15) is 4.79 Å². The molecular weight excluding hydrogens is 330 g/mol. The lowest BCUT2D eigenvalue weighted by Crippen LogP contribution is -2.32. The second kappa shape index (κ2) is 7.67. The molecule has 3 rings (SSSR count). The number of carbonyl (C=O) groups is 1. The minimum absolute atomic E-state index is 0.0261. The van der Waals surface area contributed by atoms with Crippen molar-refractivity contribution in [2.75, 3.05) is 0 Å². The summed E-state index contributed by atoms with van der Waals surface area (Å²) in [4.78, 5) is 18.2. The number of hydrogen-bond donors (Lipinski definition) is 2. The number of aromatic nitrogens is 1. The van der Waals surface area contributed by atoms with E-state index in [0.29, 0.717) is 12.3 Å². The minimum Gasteiger partial charge on any atom is -0.349 e. The van der Waals surface area contributed by atoms with Crippen LogP contribution in [0, 0.1) is 19.8 Å². The number of hydrogen-bond acceptors (Lipinski definition) is 4. The van der Waals surface area contributed by atoms with Crippen LogP contribution >= 0.6 is 11.3 Å². The smallest absolute Gasteiger partial charge is 0.220 e. The maximum absolute atomic E-state index is 12.4. The van der Waals surface area contributed by atoms with Gasteiger partial charge in [-0.25, -0.2) is 4.98 Å². The van der Waals surface area contributed by atoms with Gasteiger partial charge in [0.25, 0.3) is 0 Å². The monoisotopic (exact) mass is 357 g/mol. The summed E-state index contributed by atoms with van der Waals surface area (Å²) < 4.78 is 0. The average Bonchev–Trinajstić information content (AvgIpc) is 3.14. The molecule has 0 spiro atoms. The van der Waals surface area contributed by atoms with Crippen molar-refractivity contribution in [1.82, 2.24) is 10.3 Å². The predicted octanol–water partition coefficient (Wildman–Crippen LogP) is 4.12. The first kappa shape index (κ1) is 18.1. The number of aryl methyl sites for hydroxylation is 2. The molecule has 1 aromatic heterocycles. The van der Waals surface area contributed by atoms with Crippen molar-refractivity contribution >= 4 is 17.2 Å². The standard InChI is InChI=1S/C20H27N3OS/c1-12-7-9-15(10-8-12)20-23-14(3)19(25-20)13(2)22-18(24)11-16-5-4-6-17(16)21/h7-10,13,16-17H,4-6,11,21H2,1-3H3,(H,22,24)/t13?,16-,17+/m0/s1. The summed E-state index contributed by atoms with van der Waals surface area (Å²) in [6, 6.07) is 8.55. The van der Waals surface area contributed by atoms with Gasteiger partial charge in [-0.05, 0) is 39.5 Å². The van der Waals surface area contributed by atoms with Gasteiger partial charge < -0.3 is 11.1 Å². The summed E-state index contributed by atoms with van der Waals surface area (Å²) in [6.07, 6.45) is 3.79. The van der Waals surface area contributed by atoms with E-state index in [0.717, 1.165) is 40.4 Å². The number of amides is 1. The van der Waals surface area contributed by atoms with Gasteiger partial charge in [0.15, 0.2) is 0 Å². The highest BCUT2D eigenvalue weighted by Crippen LogP contribution is 2.32. The van der Waals surface area contributed by atoms with Crippen molar-refractivity contribution in [3.8, 4) is 10.6 Å². The Morgan fingerprint density at radius 2 is 2.04 bits per heavy atom. The number of nitrogens with zero attached hydrogens (tertiary/aromatic N) is 1. The molecule has 0 aliphatic heterocycles. The Balaban J connectivity index is 1.66. The maximum Gasteiger partial charge on any atom is 0.220 e. The van der Waals surface area contributed by atoms with Gasteiger partial charge in [0.05, 0.1) is 16.6 Å². The van der Waals surface area contributed by atoms with Gasteiger partial charge in [0.2, 0.25) is 5.91 Å². The van der Waals surface area contributed by atoms with Gasteiger partial charge in [0, 0.05) is 18.0 Å². The lowest BCUT2D eigenvalue weighted by Gasteiger charge is -2.17. The second-order valence-corrected chi connectivity index (χ2v) is 8.21. The Morgan fingerprint density at radius 1 is 1.32 bits per heavy atom. The van der Waals surface area contributed by atoms with E-state index in [1.165, 1.54) is 5.56 Å². The van der Waals surface area contributed by atoms with Crippen LogP contribution in [0.25, 0.3) is 10.6 Å². The molecule has 1 unspecified atom stereocenters. The molecule has 1 fully saturated rings. The van der Waals surface area contributed by atoms with Crippen LogP contribution in [0.5, 0.6) is 0 Å². The van der Waals surface area contributed by atoms with E-state index in [-0.39, 0.29) is 18.0 Å². The van der Waals surface area contributed by atoms with Crippen molar-refractivity contribution < 1.29 is 4.79 Å². The molecule has 0 radical (unpaired) electrons. The SMILES string of the molecule is Cc1ccc(-c2nc(C)c(C(C)NC(=O)C[C@@H]3CCC[C@H]3N)s2)cc1. The van der Waals surface area contributed by atoms with Crippen LogP contribution in [0.15, 0.2) is 24.3 Å². The van der Waals surface area contributed by atoms with Crippen molar-refractivity contribution in [3.63, 3.8) is 0 Å². The van der Waals surface area contributed by atoms with E-state index in [2.05, 4.69) is 36.5 Å². The first-order valence-corrected chi connectivity index (χ1v) is 9.85. The highest BCUT2D eigenvalue weighted by atomic mass is 32.1. The fourth-order valence-corrected chi connectivity index (χ4v) is 4.63. The number of rotatable bonds is 5. The average molecular weight is 358 g/mol. The Morgan fingerprint density at radius 3 is 2.68 bits per heavy atom. The van der Waals surface area contributed by atoms with Crippen molar-refractivity contribution in [1.29, 1.82) is 0 Å². The minimum atomic E-state index is -0.0261. The fraction of sp³-hybridized carbons (Fsp3) is 0.500. The zero-order valence-corrected chi connectivity index (χ0v) is 16.0. The first-order valence-electron chi connectivity index (χ1n) is 9.03. The van der Waals surface area contributed by atoms with Crippen LogP contribution in [0.1, 0.15) is 54.8 Å². The highest BCUT2D eigenvalue weighted by molar-refractivity contribution is 7.15. The second-order valence-electron chi connectivity index (χ2n) is 7.18. The third kappa shape index (κ3) is 4.28. The summed E-state index contributed by atoms with van der Waals surface area (Å²) in [7, 11) is 0. The van der Waals surface area contributed by atoms with Gasteiger partial charge in [-0.15, -0.1) is 11.3 Å². The Hall–Kier alpha value is -1.72. The molecule has 134 valence electrons. The van der Waals surface area contributed by atoms with E-state index in [1.807, 2.05) is 13.8 Å². The molecule has 2 aromatic rings. The third-order valence-electron chi connectivity index (χ3n) is 5.07. The number of nitrogens with one attached hydrogen (secondary N) is 1. The largest absolute Gasteiger partial charge is 0.349 e. The number of carbonyl (C=O) groups excluding carboxylic acids is 1.